The van der Waals surface area contributed by atoms with Crippen LogP contribution in [0, 0.1) is 0 Å². The molecule has 2 aromatic rings. The third kappa shape index (κ3) is 4.94. The second-order valence-electron chi connectivity index (χ2n) is 7.37. The molecule has 1 amide bonds. The maximum Gasteiger partial charge on any atom is 0.254 e. The Morgan fingerprint density at radius 3 is 2.24 bits per heavy atom. The Kier molecular flexibility index (Phi) is 6.52. The number of carbonyl (C=O) groups excluding carboxylic acids is 1. The van der Waals surface area contributed by atoms with Gasteiger partial charge < -0.3 is 23.8 Å². The Hall–Kier alpha value is -2.89. The van der Waals surface area contributed by atoms with Crippen molar-refractivity contribution in [2.75, 3.05) is 21.3 Å². The summed E-state index contributed by atoms with van der Waals surface area (Å²) in [4.78, 5) is 15.2. The SMILES string of the molecule is COc1ccc(OC)c(CN(C(=O)c2ccc(OC(C)C)c(OC)c2)C2CC2)c1. The molecule has 1 aliphatic rings. The molecular weight excluding hydrogens is 370 g/mol. The highest BCUT2D eigenvalue weighted by Gasteiger charge is 2.34. The minimum atomic E-state index is -0.0354. The third-order valence-corrected chi connectivity index (χ3v) is 4.85. The minimum Gasteiger partial charge on any atom is -0.497 e. The predicted molar refractivity (Wildman–Crippen MR) is 111 cm³/mol. The lowest BCUT2D eigenvalue weighted by atomic mass is 10.1. The van der Waals surface area contributed by atoms with E-state index < -0.39 is 0 Å². The highest BCUT2D eigenvalue weighted by atomic mass is 16.5. The van der Waals surface area contributed by atoms with Gasteiger partial charge in [-0.15, -0.1) is 0 Å². The molecule has 0 bridgehead atoms. The molecule has 6 heteroatoms. The van der Waals surface area contributed by atoms with E-state index in [1.165, 1.54) is 0 Å². The van der Waals surface area contributed by atoms with Gasteiger partial charge >= 0.3 is 0 Å². The molecular formula is C23H29NO5. The Bertz CT molecular complexity index is 860. The molecule has 0 unspecified atom stereocenters. The Morgan fingerprint density at radius 1 is 0.966 bits per heavy atom. The second-order valence-corrected chi connectivity index (χ2v) is 7.37. The van der Waals surface area contributed by atoms with Gasteiger partial charge in [0, 0.05) is 17.2 Å². The summed E-state index contributed by atoms with van der Waals surface area (Å²) in [6.07, 6.45) is 2.03. The minimum absolute atomic E-state index is 0.0222. The molecule has 0 radical (unpaired) electrons. The molecule has 29 heavy (non-hydrogen) atoms. The average Bonchev–Trinajstić information content (AvgIpc) is 3.56. The van der Waals surface area contributed by atoms with Gasteiger partial charge in [0.2, 0.25) is 0 Å². The van der Waals surface area contributed by atoms with Crippen molar-refractivity contribution in [2.45, 2.75) is 45.4 Å². The van der Waals surface area contributed by atoms with Crippen LogP contribution in [0.5, 0.6) is 23.0 Å². The Labute approximate surface area is 172 Å². The summed E-state index contributed by atoms with van der Waals surface area (Å²) in [7, 11) is 4.84. The lowest BCUT2D eigenvalue weighted by Crippen LogP contribution is -2.32. The van der Waals surface area contributed by atoms with Crippen molar-refractivity contribution in [1.82, 2.24) is 4.90 Å². The van der Waals surface area contributed by atoms with Gasteiger partial charge in [0.25, 0.3) is 5.91 Å². The summed E-state index contributed by atoms with van der Waals surface area (Å²) < 4.78 is 22.0. The number of methoxy groups -OCH3 is 3. The Morgan fingerprint density at radius 2 is 1.66 bits per heavy atom. The van der Waals surface area contributed by atoms with Crippen LogP contribution in [0.15, 0.2) is 36.4 Å². The standard InChI is InChI=1S/C23H29NO5/c1-15(2)29-21-10-6-16(13-22(21)28-5)23(25)24(18-7-8-18)14-17-12-19(26-3)9-11-20(17)27-4/h6,9-13,15,18H,7-8,14H2,1-5H3. The third-order valence-electron chi connectivity index (χ3n) is 4.85. The van der Waals surface area contributed by atoms with E-state index in [1.807, 2.05) is 36.9 Å². The van der Waals surface area contributed by atoms with Gasteiger partial charge in [0.1, 0.15) is 11.5 Å². The number of amides is 1. The van der Waals surface area contributed by atoms with Crippen molar-refractivity contribution < 1.29 is 23.7 Å². The Balaban J connectivity index is 1.88. The van der Waals surface area contributed by atoms with Crippen molar-refractivity contribution in [3.8, 4) is 23.0 Å². The van der Waals surface area contributed by atoms with Crippen LogP contribution in [-0.4, -0.2) is 44.3 Å². The van der Waals surface area contributed by atoms with Gasteiger partial charge in [-0.3, -0.25) is 4.79 Å². The van der Waals surface area contributed by atoms with Crippen molar-refractivity contribution in [1.29, 1.82) is 0 Å². The van der Waals surface area contributed by atoms with Crippen LogP contribution >= 0.6 is 0 Å². The molecule has 0 heterocycles. The zero-order valence-electron chi connectivity index (χ0n) is 17.7. The van der Waals surface area contributed by atoms with Gasteiger partial charge in [-0.25, -0.2) is 0 Å². The van der Waals surface area contributed by atoms with E-state index >= 15 is 0 Å². The van der Waals surface area contributed by atoms with Crippen LogP contribution in [0.1, 0.15) is 42.6 Å². The number of hydrogen-bond acceptors (Lipinski definition) is 5. The van der Waals surface area contributed by atoms with E-state index in [-0.39, 0.29) is 18.1 Å². The molecule has 0 aromatic heterocycles. The van der Waals surface area contributed by atoms with Gasteiger partial charge in [-0.2, -0.15) is 0 Å². The number of ether oxygens (including phenoxy) is 4. The highest BCUT2D eigenvalue weighted by molar-refractivity contribution is 5.95. The summed E-state index contributed by atoms with van der Waals surface area (Å²) in [6.45, 7) is 4.36. The molecule has 2 aromatic carbocycles. The number of hydrogen-bond donors (Lipinski definition) is 0. The lowest BCUT2D eigenvalue weighted by Gasteiger charge is -2.24. The van der Waals surface area contributed by atoms with Gasteiger partial charge in [0.15, 0.2) is 11.5 Å². The van der Waals surface area contributed by atoms with E-state index in [4.69, 9.17) is 18.9 Å². The van der Waals surface area contributed by atoms with Crippen LogP contribution in [0.4, 0.5) is 0 Å². The maximum absolute atomic E-state index is 13.3. The molecule has 1 saturated carbocycles. The van der Waals surface area contributed by atoms with Crippen LogP contribution in [0.2, 0.25) is 0 Å². The summed E-state index contributed by atoms with van der Waals surface area (Å²) in [5.41, 5.74) is 1.49. The van der Waals surface area contributed by atoms with Gasteiger partial charge in [0.05, 0.1) is 34.0 Å². The molecule has 0 N–H and O–H groups in total. The summed E-state index contributed by atoms with van der Waals surface area (Å²) >= 11 is 0. The smallest absolute Gasteiger partial charge is 0.254 e. The van der Waals surface area contributed by atoms with E-state index in [2.05, 4.69) is 0 Å². The lowest BCUT2D eigenvalue weighted by molar-refractivity contribution is 0.0728. The summed E-state index contributed by atoms with van der Waals surface area (Å²) in [6, 6.07) is 11.2. The largest absolute Gasteiger partial charge is 0.497 e. The quantitative estimate of drug-likeness (QED) is 0.629. The van der Waals surface area contributed by atoms with Crippen molar-refractivity contribution in [3.05, 3.63) is 47.5 Å². The van der Waals surface area contributed by atoms with Crippen molar-refractivity contribution in [3.63, 3.8) is 0 Å². The zero-order chi connectivity index (χ0) is 21.0. The van der Waals surface area contributed by atoms with E-state index in [9.17, 15) is 4.79 Å². The molecule has 6 nitrogen and oxygen atoms in total. The van der Waals surface area contributed by atoms with Crippen molar-refractivity contribution in [2.24, 2.45) is 0 Å². The molecule has 156 valence electrons. The molecule has 3 rings (SSSR count). The molecule has 0 atom stereocenters. The second kappa shape index (κ2) is 9.07. The monoisotopic (exact) mass is 399 g/mol. The predicted octanol–water partition coefficient (Wildman–Crippen LogP) is 4.30. The first-order valence-electron chi connectivity index (χ1n) is 9.83. The zero-order valence-corrected chi connectivity index (χ0v) is 17.7. The number of benzene rings is 2. The molecule has 0 aliphatic heterocycles. The average molecular weight is 399 g/mol. The highest BCUT2D eigenvalue weighted by Crippen LogP contribution is 2.35. The topological polar surface area (TPSA) is 57.2 Å². The van der Waals surface area contributed by atoms with E-state index in [0.717, 1.165) is 29.9 Å². The van der Waals surface area contributed by atoms with Gasteiger partial charge in [-0.05, 0) is 63.1 Å². The number of nitrogens with zero attached hydrogens (tertiary/aromatic N) is 1. The van der Waals surface area contributed by atoms with Crippen LogP contribution < -0.4 is 18.9 Å². The fraction of sp³-hybridized carbons (Fsp3) is 0.435. The van der Waals surface area contributed by atoms with Gasteiger partial charge in [-0.1, -0.05) is 0 Å². The fourth-order valence-corrected chi connectivity index (χ4v) is 3.26. The first-order valence-corrected chi connectivity index (χ1v) is 9.83. The summed E-state index contributed by atoms with van der Waals surface area (Å²) in [5.74, 6) is 2.63. The molecule has 1 fully saturated rings. The molecule has 0 saturated heterocycles. The first-order chi connectivity index (χ1) is 14.0. The normalized spacial score (nSPS) is 13.2. The summed E-state index contributed by atoms with van der Waals surface area (Å²) in [5, 5.41) is 0. The fourth-order valence-electron chi connectivity index (χ4n) is 3.26. The van der Waals surface area contributed by atoms with Crippen LogP contribution in [-0.2, 0) is 6.54 Å². The molecule has 1 aliphatic carbocycles. The van der Waals surface area contributed by atoms with E-state index in [0.29, 0.717) is 23.6 Å². The first kappa shape index (κ1) is 20.8. The number of rotatable bonds is 9. The molecule has 0 spiro atoms. The van der Waals surface area contributed by atoms with Crippen LogP contribution in [0.25, 0.3) is 0 Å². The van der Waals surface area contributed by atoms with E-state index in [1.54, 1.807) is 39.5 Å². The maximum atomic E-state index is 13.3. The van der Waals surface area contributed by atoms with Crippen molar-refractivity contribution >= 4 is 5.91 Å². The van der Waals surface area contributed by atoms with Crippen LogP contribution in [0.3, 0.4) is 0 Å². The number of carbonyl (C=O) groups is 1.